The maximum Gasteiger partial charge on any atom is 0.472 e. The molecule has 0 aromatic carbocycles. The Kier molecular flexibility index (Phi) is 58.5. The first-order valence-electron chi connectivity index (χ1n) is 36.3. The average molecular weight is 1310 g/mol. The summed E-state index contributed by atoms with van der Waals surface area (Å²) in [6, 6.07) is 0. The molecule has 0 rings (SSSR count). The van der Waals surface area contributed by atoms with Crippen molar-refractivity contribution in [2.45, 2.75) is 363 Å². The van der Waals surface area contributed by atoms with E-state index in [4.69, 9.17) is 37.0 Å². The van der Waals surface area contributed by atoms with Gasteiger partial charge in [0.25, 0.3) is 0 Å². The highest BCUT2D eigenvalue weighted by atomic mass is 31.2. The van der Waals surface area contributed by atoms with Crippen molar-refractivity contribution in [3.63, 3.8) is 0 Å². The van der Waals surface area contributed by atoms with Crippen LogP contribution in [-0.2, 0) is 65.4 Å². The first-order valence-corrected chi connectivity index (χ1v) is 39.3. The van der Waals surface area contributed by atoms with E-state index in [1.165, 1.54) is 135 Å². The van der Waals surface area contributed by atoms with Crippen LogP contribution in [0.1, 0.15) is 344 Å². The van der Waals surface area contributed by atoms with Gasteiger partial charge in [0.15, 0.2) is 12.2 Å². The van der Waals surface area contributed by atoms with Gasteiger partial charge >= 0.3 is 39.5 Å². The molecule has 0 heterocycles. The minimum Gasteiger partial charge on any atom is -0.462 e. The van der Waals surface area contributed by atoms with Crippen molar-refractivity contribution in [3.05, 3.63) is 0 Å². The number of aliphatic hydroxyl groups excluding tert-OH is 1. The molecule has 19 heteroatoms. The van der Waals surface area contributed by atoms with Crippen molar-refractivity contribution in [1.29, 1.82) is 0 Å². The largest absolute Gasteiger partial charge is 0.472 e. The lowest BCUT2D eigenvalue weighted by atomic mass is 9.99. The van der Waals surface area contributed by atoms with Gasteiger partial charge in [-0.05, 0) is 49.4 Å². The number of esters is 4. The van der Waals surface area contributed by atoms with Crippen LogP contribution >= 0.6 is 15.6 Å². The van der Waals surface area contributed by atoms with Gasteiger partial charge in [-0.3, -0.25) is 37.3 Å². The van der Waals surface area contributed by atoms with Gasteiger partial charge < -0.3 is 33.8 Å². The van der Waals surface area contributed by atoms with Crippen LogP contribution < -0.4 is 0 Å². The van der Waals surface area contributed by atoms with Crippen molar-refractivity contribution < 1.29 is 80.2 Å². The number of phosphoric ester groups is 2. The lowest BCUT2D eigenvalue weighted by molar-refractivity contribution is -0.161. The summed E-state index contributed by atoms with van der Waals surface area (Å²) in [6.45, 7) is 14.1. The molecular formula is C70H136O17P2. The van der Waals surface area contributed by atoms with E-state index in [-0.39, 0.29) is 25.7 Å². The molecule has 0 aromatic rings. The van der Waals surface area contributed by atoms with Crippen molar-refractivity contribution in [2.75, 3.05) is 39.6 Å². The average Bonchev–Trinajstić information content (AvgIpc) is 3.70. The van der Waals surface area contributed by atoms with E-state index in [0.29, 0.717) is 31.6 Å². The van der Waals surface area contributed by atoms with E-state index in [1.54, 1.807) is 0 Å². The van der Waals surface area contributed by atoms with Crippen LogP contribution in [0, 0.1) is 23.7 Å². The van der Waals surface area contributed by atoms with Gasteiger partial charge in [0.2, 0.25) is 0 Å². The molecule has 0 radical (unpaired) electrons. The van der Waals surface area contributed by atoms with E-state index in [0.717, 1.165) is 120 Å². The number of aliphatic hydroxyl groups is 1. The van der Waals surface area contributed by atoms with Crippen LogP contribution in [0.4, 0.5) is 0 Å². The van der Waals surface area contributed by atoms with Crippen molar-refractivity contribution >= 4 is 39.5 Å². The van der Waals surface area contributed by atoms with Crippen molar-refractivity contribution in [1.82, 2.24) is 0 Å². The number of hydrogen-bond acceptors (Lipinski definition) is 15. The zero-order valence-electron chi connectivity index (χ0n) is 58.1. The molecule has 0 aromatic heterocycles. The molecule has 528 valence electrons. The third-order valence-electron chi connectivity index (χ3n) is 16.8. The summed E-state index contributed by atoms with van der Waals surface area (Å²) in [5.74, 6) is 0.867. The topological polar surface area (TPSA) is 237 Å². The van der Waals surface area contributed by atoms with Crippen LogP contribution in [0.2, 0.25) is 0 Å². The SMILES string of the molecule is CCC(C)CCCCCCCCCCCCCCCCC(=O)O[C@H](COC(=O)CCCCCCCCCC(C)C)COP(=O)(O)OC[C@@H](O)COP(=O)(O)OC[C@@H](COC(=O)CCCCCCCCC(C)CC)OC(=O)CCCCCCCCCCC(C)C. The Labute approximate surface area is 543 Å². The standard InChI is InChI=1S/C70H136O17P2/c1-9-62(7)48-40-32-24-17-15-13-11-12-14-16-18-25-36-44-52-69(74)86-65(56-80-67(72)50-42-34-27-21-23-31-39-47-61(5)6)58-84-88(76,77)82-54-64(71)55-83-89(78,79)85-59-66(57-81-68(73)51-43-35-29-28-33-41-49-63(8)10-2)87-70(75)53-45-37-26-20-19-22-30-38-46-60(3)4/h60-66,71H,9-59H2,1-8H3,(H,76,77)(H,78,79)/t62?,63?,64-,65-,66-/m1/s1. The fourth-order valence-corrected chi connectivity index (χ4v) is 12.0. The normalized spacial score (nSPS) is 14.9. The lowest BCUT2D eigenvalue weighted by Crippen LogP contribution is -2.30. The van der Waals surface area contributed by atoms with Crippen LogP contribution in [0.3, 0.4) is 0 Å². The van der Waals surface area contributed by atoms with Gasteiger partial charge in [-0.25, -0.2) is 9.13 Å². The monoisotopic (exact) mass is 1310 g/mol. The molecule has 89 heavy (non-hydrogen) atoms. The second kappa shape index (κ2) is 59.8. The maximum atomic E-state index is 13.0. The van der Waals surface area contributed by atoms with Crippen molar-refractivity contribution in [2.24, 2.45) is 23.7 Å². The van der Waals surface area contributed by atoms with Gasteiger partial charge in [-0.2, -0.15) is 0 Å². The molecule has 17 nitrogen and oxygen atoms in total. The van der Waals surface area contributed by atoms with E-state index >= 15 is 0 Å². The van der Waals surface area contributed by atoms with Crippen molar-refractivity contribution in [3.8, 4) is 0 Å². The Balaban J connectivity index is 5.22. The summed E-state index contributed by atoms with van der Waals surface area (Å²) in [5, 5.41) is 10.6. The molecule has 0 fully saturated rings. The molecule has 0 saturated carbocycles. The Morgan fingerprint density at radius 3 is 0.798 bits per heavy atom. The van der Waals surface area contributed by atoms with Gasteiger partial charge in [-0.15, -0.1) is 0 Å². The Hall–Kier alpha value is -1.94. The summed E-state index contributed by atoms with van der Waals surface area (Å²) in [4.78, 5) is 72.5. The Bertz CT molecular complexity index is 1770. The second-order valence-electron chi connectivity index (χ2n) is 26.7. The van der Waals surface area contributed by atoms with E-state index in [1.807, 2.05) is 0 Å². The van der Waals surface area contributed by atoms with Crippen LogP contribution in [0.15, 0.2) is 0 Å². The minimum absolute atomic E-state index is 0.103. The third kappa shape index (κ3) is 62.0. The molecule has 0 saturated heterocycles. The highest BCUT2D eigenvalue weighted by Crippen LogP contribution is 2.45. The summed E-state index contributed by atoms with van der Waals surface area (Å²) in [6.07, 6.45) is 41.8. The van der Waals surface area contributed by atoms with Crippen LogP contribution in [0.5, 0.6) is 0 Å². The third-order valence-corrected chi connectivity index (χ3v) is 18.7. The summed E-state index contributed by atoms with van der Waals surface area (Å²) in [5.41, 5.74) is 0. The number of carbonyl (C=O) groups is 4. The number of carbonyl (C=O) groups excluding carboxylic acids is 4. The predicted octanol–water partition coefficient (Wildman–Crippen LogP) is 19.7. The predicted molar refractivity (Wildman–Crippen MR) is 358 cm³/mol. The quantitative estimate of drug-likeness (QED) is 0.0222. The molecule has 0 amide bonds. The van der Waals surface area contributed by atoms with E-state index in [2.05, 4.69) is 55.4 Å². The summed E-state index contributed by atoms with van der Waals surface area (Å²) >= 11 is 0. The Morgan fingerprint density at radius 1 is 0.315 bits per heavy atom. The molecule has 0 aliphatic rings. The van der Waals surface area contributed by atoms with Gasteiger partial charge in [-0.1, -0.05) is 293 Å². The molecule has 3 N–H and O–H groups in total. The highest BCUT2D eigenvalue weighted by Gasteiger charge is 2.30. The zero-order chi connectivity index (χ0) is 66.1. The number of unbranched alkanes of at least 4 members (excludes halogenated alkanes) is 31. The molecule has 4 unspecified atom stereocenters. The summed E-state index contributed by atoms with van der Waals surface area (Å²) < 4.78 is 68.2. The number of rotatable bonds is 67. The number of phosphoric acid groups is 2. The molecule has 0 aliphatic carbocycles. The minimum atomic E-state index is -4.95. The Morgan fingerprint density at radius 2 is 0.539 bits per heavy atom. The van der Waals surface area contributed by atoms with Crippen LogP contribution in [0.25, 0.3) is 0 Å². The van der Waals surface area contributed by atoms with E-state index in [9.17, 15) is 43.2 Å². The molecular weight excluding hydrogens is 1170 g/mol. The lowest BCUT2D eigenvalue weighted by Gasteiger charge is -2.21. The second-order valence-corrected chi connectivity index (χ2v) is 29.6. The van der Waals surface area contributed by atoms with Gasteiger partial charge in [0, 0.05) is 25.7 Å². The maximum absolute atomic E-state index is 13.0. The highest BCUT2D eigenvalue weighted by molar-refractivity contribution is 7.47. The molecule has 0 aliphatic heterocycles. The van der Waals surface area contributed by atoms with Gasteiger partial charge in [0.05, 0.1) is 26.4 Å². The number of hydrogen-bond donors (Lipinski definition) is 3. The number of ether oxygens (including phenoxy) is 4. The van der Waals surface area contributed by atoms with Gasteiger partial charge in [0.1, 0.15) is 19.3 Å². The molecule has 0 bridgehead atoms. The molecule has 7 atom stereocenters. The zero-order valence-corrected chi connectivity index (χ0v) is 59.8. The fraction of sp³-hybridized carbons (Fsp3) is 0.943. The fourth-order valence-electron chi connectivity index (χ4n) is 10.4. The smallest absolute Gasteiger partial charge is 0.462 e. The van der Waals surface area contributed by atoms with E-state index < -0.39 is 97.5 Å². The van der Waals surface area contributed by atoms with Crippen LogP contribution in [-0.4, -0.2) is 96.7 Å². The molecule has 0 spiro atoms. The summed E-state index contributed by atoms with van der Waals surface area (Å²) in [7, 11) is -9.90. The first-order chi connectivity index (χ1) is 42.7. The first kappa shape index (κ1) is 87.1.